The molecule has 0 aliphatic carbocycles. The summed E-state index contributed by atoms with van der Waals surface area (Å²) in [4.78, 5) is 22.5. The maximum absolute atomic E-state index is 12.4. The lowest BCUT2D eigenvalue weighted by Gasteiger charge is -1.88. The van der Waals surface area contributed by atoms with Gasteiger partial charge in [0.25, 0.3) is 5.56 Å². The van der Waals surface area contributed by atoms with Crippen LogP contribution < -0.4 is 5.56 Å². The van der Waals surface area contributed by atoms with Crippen LogP contribution in [-0.4, -0.2) is 23.5 Å². The Hall–Kier alpha value is -1.49. The molecule has 0 amide bonds. The van der Waals surface area contributed by atoms with Crippen LogP contribution in [0.25, 0.3) is 0 Å². The van der Waals surface area contributed by atoms with E-state index < -0.39 is 11.4 Å². The lowest BCUT2D eigenvalue weighted by Crippen LogP contribution is -2.11. The van der Waals surface area contributed by atoms with Crippen molar-refractivity contribution in [3.8, 4) is 0 Å². The molecule has 5 heteroatoms. The second kappa shape index (κ2) is 5.20. The molecular formula is C7H8FNO3. The molecule has 0 aliphatic rings. The van der Waals surface area contributed by atoms with Gasteiger partial charge in [-0.1, -0.05) is 0 Å². The highest BCUT2D eigenvalue weighted by Crippen LogP contribution is 1.94. The van der Waals surface area contributed by atoms with Crippen LogP contribution in [0.4, 0.5) is 4.39 Å². The zero-order valence-electron chi connectivity index (χ0n) is 6.37. The molecule has 0 atom stereocenters. The highest BCUT2D eigenvalue weighted by atomic mass is 19.1. The molecule has 1 aromatic rings. The molecule has 1 rings (SSSR count). The summed E-state index contributed by atoms with van der Waals surface area (Å²) in [6.07, 6.45) is 1.51. The molecule has 0 radical (unpaired) electrons. The van der Waals surface area contributed by atoms with E-state index in [-0.39, 0.29) is 5.56 Å². The van der Waals surface area contributed by atoms with Crippen molar-refractivity contribution in [2.24, 2.45) is 0 Å². The van der Waals surface area contributed by atoms with Gasteiger partial charge in [0.1, 0.15) is 0 Å². The molecule has 0 bridgehead atoms. The van der Waals surface area contributed by atoms with Gasteiger partial charge in [-0.2, -0.15) is 0 Å². The lowest BCUT2D eigenvalue weighted by molar-refractivity contribution is 0.111. The molecule has 12 heavy (non-hydrogen) atoms. The molecule has 0 fully saturated rings. The second-order valence-electron chi connectivity index (χ2n) is 1.69. The van der Waals surface area contributed by atoms with E-state index in [9.17, 15) is 14.0 Å². The predicted octanol–water partition coefficient (Wildman–Crippen LogP) is -0.0650. The number of aromatic amines is 1. The van der Waals surface area contributed by atoms with Gasteiger partial charge in [-0.15, -0.1) is 0 Å². The molecule has 0 aliphatic heterocycles. The molecule has 0 saturated carbocycles. The Morgan fingerprint density at radius 2 is 2.17 bits per heavy atom. The van der Waals surface area contributed by atoms with Crippen molar-refractivity contribution < 1.29 is 14.3 Å². The number of halogens is 1. The fraction of sp³-hybridized carbons (Fsp3) is 0.143. The predicted molar refractivity (Wildman–Crippen MR) is 40.6 cm³/mol. The quantitative estimate of drug-likeness (QED) is 0.584. The Morgan fingerprint density at radius 1 is 1.58 bits per heavy atom. The number of carbonyl (C=O) groups excluding carboxylic acids is 1. The maximum atomic E-state index is 12.4. The maximum Gasteiger partial charge on any atom is 0.284 e. The smallest absolute Gasteiger partial charge is 0.284 e. The molecular weight excluding hydrogens is 165 g/mol. The summed E-state index contributed by atoms with van der Waals surface area (Å²) in [5.74, 6) is -1.03. The second-order valence-corrected chi connectivity index (χ2v) is 1.69. The summed E-state index contributed by atoms with van der Waals surface area (Å²) < 4.78 is 12.4. The molecule has 1 aromatic heterocycles. The first-order valence-corrected chi connectivity index (χ1v) is 3.03. The third-order valence-electron chi connectivity index (χ3n) is 1.06. The molecule has 0 unspecified atom stereocenters. The molecule has 4 nitrogen and oxygen atoms in total. The van der Waals surface area contributed by atoms with Gasteiger partial charge in [0, 0.05) is 13.3 Å². The number of nitrogens with one attached hydrogen (secondary N) is 1. The van der Waals surface area contributed by atoms with Crippen LogP contribution in [-0.2, 0) is 0 Å². The number of aliphatic hydroxyl groups excluding tert-OH is 1. The number of pyridine rings is 1. The van der Waals surface area contributed by atoms with Crippen molar-refractivity contribution in [1.82, 2.24) is 4.98 Å². The van der Waals surface area contributed by atoms with Crippen LogP contribution in [0.5, 0.6) is 0 Å². The standard InChI is InChI=1S/C6H4FNO2.CH4O/c7-5-4(3-9)1-2-8-6(5)10;1-2/h1-3H,(H,8,10);2H,1H3. The van der Waals surface area contributed by atoms with Crippen LogP contribution in [0.15, 0.2) is 17.1 Å². The van der Waals surface area contributed by atoms with E-state index >= 15 is 0 Å². The minimum absolute atomic E-state index is 0.219. The fourth-order valence-electron chi connectivity index (χ4n) is 0.566. The van der Waals surface area contributed by atoms with Crippen LogP contribution in [0.2, 0.25) is 0 Å². The van der Waals surface area contributed by atoms with Gasteiger partial charge in [0.15, 0.2) is 12.1 Å². The van der Waals surface area contributed by atoms with Gasteiger partial charge >= 0.3 is 0 Å². The third kappa shape index (κ3) is 2.28. The average molecular weight is 173 g/mol. The summed E-state index contributed by atoms with van der Waals surface area (Å²) in [6.45, 7) is 0. The monoisotopic (exact) mass is 173 g/mol. The number of aromatic nitrogens is 1. The first kappa shape index (κ1) is 10.5. The average Bonchev–Trinajstić information content (AvgIpc) is 2.13. The van der Waals surface area contributed by atoms with Crippen molar-refractivity contribution in [2.75, 3.05) is 7.11 Å². The Bertz CT molecular complexity index is 308. The lowest BCUT2D eigenvalue weighted by atomic mass is 10.3. The number of aliphatic hydroxyl groups is 1. The van der Waals surface area contributed by atoms with Crippen LogP contribution >= 0.6 is 0 Å². The van der Waals surface area contributed by atoms with E-state index in [0.717, 1.165) is 7.11 Å². The molecule has 1 heterocycles. The topological polar surface area (TPSA) is 70.2 Å². The van der Waals surface area contributed by atoms with E-state index in [2.05, 4.69) is 4.98 Å². The highest BCUT2D eigenvalue weighted by molar-refractivity contribution is 5.74. The summed E-state index contributed by atoms with van der Waals surface area (Å²) in [5.41, 5.74) is -1.09. The van der Waals surface area contributed by atoms with Crippen molar-refractivity contribution >= 4 is 6.29 Å². The number of hydrogen-bond acceptors (Lipinski definition) is 3. The third-order valence-corrected chi connectivity index (χ3v) is 1.06. The van der Waals surface area contributed by atoms with Crippen molar-refractivity contribution in [2.45, 2.75) is 0 Å². The normalized spacial score (nSPS) is 8.25. The Balaban J connectivity index is 0.000000561. The van der Waals surface area contributed by atoms with Crippen LogP contribution in [0.3, 0.4) is 0 Å². The number of hydrogen-bond donors (Lipinski definition) is 2. The van der Waals surface area contributed by atoms with E-state index in [1.165, 1.54) is 12.3 Å². The zero-order valence-corrected chi connectivity index (χ0v) is 6.37. The van der Waals surface area contributed by atoms with Crippen molar-refractivity contribution in [3.63, 3.8) is 0 Å². The largest absolute Gasteiger partial charge is 0.400 e. The number of carbonyl (C=O) groups is 1. The summed E-state index contributed by atoms with van der Waals surface area (Å²) >= 11 is 0. The minimum Gasteiger partial charge on any atom is -0.400 e. The number of aldehydes is 1. The molecule has 2 N–H and O–H groups in total. The van der Waals surface area contributed by atoms with Gasteiger partial charge in [-0.25, -0.2) is 4.39 Å². The Kier molecular flexibility index (Phi) is 4.55. The van der Waals surface area contributed by atoms with Crippen LogP contribution in [0, 0.1) is 5.82 Å². The van der Waals surface area contributed by atoms with E-state index in [1.807, 2.05) is 0 Å². The molecule has 0 spiro atoms. The van der Waals surface area contributed by atoms with Gasteiger partial charge in [0.2, 0.25) is 0 Å². The van der Waals surface area contributed by atoms with Gasteiger partial charge < -0.3 is 10.1 Å². The summed E-state index contributed by atoms with van der Waals surface area (Å²) in [6, 6.07) is 1.20. The van der Waals surface area contributed by atoms with Gasteiger partial charge in [0.05, 0.1) is 5.56 Å². The van der Waals surface area contributed by atoms with Crippen LogP contribution in [0.1, 0.15) is 10.4 Å². The van der Waals surface area contributed by atoms with Gasteiger partial charge in [-0.05, 0) is 6.07 Å². The van der Waals surface area contributed by atoms with E-state index in [1.54, 1.807) is 0 Å². The summed E-state index contributed by atoms with van der Waals surface area (Å²) in [5, 5.41) is 7.00. The summed E-state index contributed by atoms with van der Waals surface area (Å²) in [7, 11) is 1.00. The molecule has 0 saturated heterocycles. The van der Waals surface area contributed by atoms with E-state index in [4.69, 9.17) is 5.11 Å². The first-order chi connectivity index (χ1) is 5.75. The Morgan fingerprint density at radius 3 is 2.58 bits per heavy atom. The SMILES string of the molecule is CO.O=Cc1cc[nH]c(=O)c1F. The zero-order chi connectivity index (χ0) is 9.56. The molecule has 66 valence electrons. The number of H-pyrrole nitrogens is 1. The minimum atomic E-state index is -1.03. The molecule has 0 aromatic carbocycles. The number of rotatable bonds is 1. The fourth-order valence-corrected chi connectivity index (χ4v) is 0.566. The first-order valence-electron chi connectivity index (χ1n) is 3.03. The van der Waals surface area contributed by atoms with E-state index in [0.29, 0.717) is 6.29 Å². The van der Waals surface area contributed by atoms with Crippen molar-refractivity contribution in [1.29, 1.82) is 0 Å². The van der Waals surface area contributed by atoms with Crippen molar-refractivity contribution in [3.05, 3.63) is 34.0 Å². The van der Waals surface area contributed by atoms with Gasteiger partial charge in [-0.3, -0.25) is 9.59 Å². The Labute approximate surface area is 67.7 Å². The highest BCUT2D eigenvalue weighted by Gasteiger charge is 2.02.